The highest BCUT2D eigenvalue weighted by Crippen LogP contribution is 2.38. The highest BCUT2D eigenvalue weighted by atomic mass is 16.1. The van der Waals surface area contributed by atoms with Crippen molar-refractivity contribution in [1.29, 1.82) is 0 Å². The molecule has 0 unspecified atom stereocenters. The van der Waals surface area contributed by atoms with Crippen molar-refractivity contribution in [2.24, 2.45) is 7.05 Å². The monoisotopic (exact) mass is 336 g/mol. The largest absolute Gasteiger partial charge is 0.351 e. The Labute approximate surface area is 147 Å². The van der Waals surface area contributed by atoms with E-state index in [-0.39, 0.29) is 5.56 Å². The lowest BCUT2D eigenvalue weighted by Crippen LogP contribution is -2.21. The second kappa shape index (κ2) is 5.61. The van der Waals surface area contributed by atoms with Gasteiger partial charge in [-0.25, -0.2) is 0 Å². The van der Waals surface area contributed by atoms with E-state index in [1.165, 1.54) is 36.8 Å². The molecule has 25 heavy (non-hydrogen) atoms. The van der Waals surface area contributed by atoms with E-state index in [1.807, 2.05) is 11.7 Å². The molecule has 5 heteroatoms. The lowest BCUT2D eigenvalue weighted by Gasteiger charge is -2.18. The van der Waals surface area contributed by atoms with Crippen LogP contribution in [-0.2, 0) is 19.9 Å². The first kappa shape index (κ1) is 15.0. The molecule has 1 aromatic heterocycles. The van der Waals surface area contributed by atoms with E-state index >= 15 is 0 Å². The zero-order chi connectivity index (χ0) is 17.0. The minimum absolute atomic E-state index is 0.0353. The molecule has 5 nitrogen and oxygen atoms in total. The fourth-order valence-electron chi connectivity index (χ4n) is 4.75. The molecule has 0 spiro atoms. The predicted molar refractivity (Wildman–Crippen MR) is 98.0 cm³/mol. The summed E-state index contributed by atoms with van der Waals surface area (Å²) in [7, 11) is 1.95. The summed E-state index contributed by atoms with van der Waals surface area (Å²) in [5, 5.41) is 3.45. The zero-order valence-corrected chi connectivity index (χ0v) is 14.7. The van der Waals surface area contributed by atoms with Gasteiger partial charge in [0.2, 0.25) is 0 Å². The van der Waals surface area contributed by atoms with Crippen molar-refractivity contribution < 1.29 is 0 Å². The van der Waals surface area contributed by atoms with E-state index in [2.05, 4.69) is 33.1 Å². The molecule has 4 aliphatic rings. The van der Waals surface area contributed by atoms with Crippen LogP contribution in [0.2, 0.25) is 0 Å². The molecule has 1 aromatic rings. The van der Waals surface area contributed by atoms with Crippen LogP contribution >= 0.6 is 0 Å². The quantitative estimate of drug-likeness (QED) is 0.776. The number of nitrogens with zero attached hydrogens (tertiary/aromatic N) is 3. The Morgan fingerprint density at radius 1 is 1.12 bits per heavy atom. The Morgan fingerprint density at radius 2 is 1.88 bits per heavy atom. The van der Waals surface area contributed by atoms with E-state index in [1.54, 1.807) is 0 Å². The van der Waals surface area contributed by atoms with Crippen molar-refractivity contribution >= 4 is 0 Å². The van der Waals surface area contributed by atoms with E-state index in [0.717, 1.165) is 48.3 Å². The third-order valence-corrected chi connectivity index (χ3v) is 6.06. The number of nitrogens with one attached hydrogen (secondary N) is 1. The fourth-order valence-corrected chi connectivity index (χ4v) is 4.75. The second-order valence-corrected chi connectivity index (χ2v) is 7.61. The molecule has 1 N–H and O–H groups in total. The van der Waals surface area contributed by atoms with Crippen LogP contribution in [0.1, 0.15) is 55.7 Å². The van der Waals surface area contributed by atoms with Gasteiger partial charge in [-0.15, -0.1) is 0 Å². The van der Waals surface area contributed by atoms with Crippen molar-refractivity contribution in [2.45, 2.75) is 57.4 Å². The normalized spacial score (nSPS) is 18.1. The number of aryl methyl sites for hydroxylation is 1. The van der Waals surface area contributed by atoms with Gasteiger partial charge >= 0.3 is 0 Å². The van der Waals surface area contributed by atoms with Gasteiger partial charge in [-0.1, -0.05) is 12.8 Å². The summed E-state index contributed by atoms with van der Waals surface area (Å²) in [5.41, 5.74) is 5.59. The summed E-state index contributed by atoms with van der Waals surface area (Å²) < 4.78 is 4.27. The molecule has 0 saturated heterocycles. The summed E-state index contributed by atoms with van der Waals surface area (Å²) in [6.07, 6.45) is 13.8. The maximum atomic E-state index is 12.4. The van der Waals surface area contributed by atoms with Crippen LogP contribution in [-0.4, -0.2) is 19.3 Å². The molecular formula is C20H24N4O. The lowest BCUT2D eigenvalue weighted by atomic mass is 9.88. The number of hydrogen-bond donors (Lipinski definition) is 1. The van der Waals surface area contributed by atoms with Crippen LogP contribution < -0.4 is 5.56 Å². The topological polar surface area (TPSA) is 55.6 Å². The molecule has 1 fully saturated rings. The fraction of sp³-hybridized carbons (Fsp3) is 0.500. The van der Waals surface area contributed by atoms with Crippen LogP contribution in [0, 0.1) is 0 Å². The molecule has 3 heterocycles. The van der Waals surface area contributed by atoms with Gasteiger partial charge in [0.25, 0.3) is 5.56 Å². The Balaban J connectivity index is 1.68. The molecule has 130 valence electrons. The standard InChI is InChI=1S/C20H24N4O/c1-23-19-17(15-8-4-5-9-16(15)20(25)21-19)18(22-23)13-10-11-24(12-13)14-6-2-3-7-14/h10-12,14,22H,2-9H2,1H3. The van der Waals surface area contributed by atoms with Crippen molar-refractivity contribution in [3.63, 3.8) is 0 Å². The van der Waals surface area contributed by atoms with Crippen molar-refractivity contribution in [1.82, 2.24) is 19.3 Å². The zero-order valence-electron chi connectivity index (χ0n) is 14.7. The number of aromatic nitrogens is 4. The lowest BCUT2D eigenvalue weighted by molar-refractivity contribution is 0.521. The minimum Gasteiger partial charge on any atom is -0.351 e. The third kappa shape index (κ3) is 2.29. The van der Waals surface area contributed by atoms with Gasteiger partial charge in [-0.05, 0) is 50.2 Å². The molecule has 0 atom stereocenters. The van der Waals surface area contributed by atoms with E-state index in [4.69, 9.17) is 0 Å². The minimum atomic E-state index is -0.0353. The summed E-state index contributed by atoms with van der Waals surface area (Å²) in [5.74, 6) is 0.786. The molecular weight excluding hydrogens is 312 g/mol. The summed E-state index contributed by atoms with van der Waals surface area (Å²) in [4.78, 5) is 16.8. The van der Waals surface area contributed by atoms with Gasteiger partial charge in [0.05, 0.1) is 5.69 Å². The molecule has 0 radical (unpaired) electrons. The van der Waals surface area contributed by atoms with Gasteiger partial charge in [0, 0.05) is 42.2 Å². The van der Waals surface area contributed by atoms with E-state index in [0.29, 0.717) is 6.04 Å². The average Bonchev–Trinajstić information content (AvgIpc) is 3.35. The molecule has 2 aliphatic carbocycles. The number of hydrogen-bond acceptors (Lipinski definition) is 2. The third-order valence-electron chi connectivity index (χ3n) is 6.06. The highest BCUT2D eigenvalue weighted by Gasteiger charge is 2.27. The first-order valence-electron chi connectivity index (χ1n) is 9.50. The van der Waals surface area contributed by atoms with Crippen molar-refractivity contribution in [2.75, 3.05) is 0 Å². The van der Waals surface area contributed by atoms with Crippen LogP contribution in [0.4, 0.5) is 0 Å². The van der Waals surface area contributed by atoms with Crippen LogP contribution in [0.15, 0.2) is 23.3 Å². The second-order valence-electron chi connectivity index (χ2n) is 7.61. The predicted octanol–water partition coefficient (Wildman–Crippen LogP) is 3.68. The molecule has 0 bridgehead atoms. The summed E-state index contributed by atoms with van der Waals surface area (Å²) in [6.45, 7) is 0. The van der Waals surface area contributed by atoms with Crippen molar-refractivity contribution in [3.8, 4) is 22.6 Å². The van der Waals surface area contributed by atoms with Crippen LogP contribution in [0.25, 0.3) is 22.6 Å². The molecule has 0 amide bonds. The number of rotatable bonds is 2. The number of aromatic amines is 1. The maximum Gasteiger partial charge on any atom is 0.275 e. The Bertz CT molecular complexity index is 955. The number of H-pyrrole nitrogens is 1. The highest BCUT2D eigenvalue weighted by molar-refractivity contribution is 5.82. The molecule has 2 aliphatic heterocycles. The summed E-state index contributed by atoms with van der Waals surface area (Å²) >= 11 is 0. The van der Waals surface area contributed by atoms with E-state index in [9.17, 15) is 4.79 Å². The van der Waals surface area contributed by atoms with Crippen molar-refractivity contribution in [3.05, 3.63) is 39.9 Å². The molecule has 5 rings (SSSR count). The smallest absolute Gasteiger partial charge is 0.275 e. The first-order chi connectivity index (χ1) is 12.2. The van der Waals surface area contributed by atoms with E-state index < -0.39 is 0 Å². The SMILES string of the molecule is Cn1[nH]c(-c2ccn(C3CCCC3)c2)c2c3c(c(=O)nc1-2)CCCC3. The van der Waals surface area contributed by atoms with Gasteiger partial charge in [-0.3, -0.25) is 14.6 Å². The number of pyridine rings is 1. The first-order valence-corrected chi connectivity index (χ1v) is 9.50. The molecule has 0 aromatic carbocycles. The number of fused-ring (bicyclic) bond motifs is 3. The summed E-state index contributed by atoms with van der Waals surface area (Å²) in [6, 6.07) is 2.84. The van der Waals surface area contributed by atoms with Gasteiger partial charge in [0.1, 0.15) is 0 Å². The van der Waals surface area contributed by atoms with Gasteiger partial charge in [0.15, 0.2) is 5.82 Å². The molecule has 1 saturated carbocycles. The average molecular weight is 336 g/mol. The van der Waals surface area contributed by atoms with Crippen LogP contribution in [0.5, 0.6) is 0 Å². The van der Waals surface area contributed by atoms with Crippen LogP contribution in [0.3, 0.4) is 0 Å². The Kier molecular flexibility index (Phi) is 3.37. The Morgan fingerprint density at radius 3 is 2.68 bits per heavy atom. The van der Waals surface area contributed by atoms with Gasteiger partial charge < -0.3 is 4.57 Å². The van der Waals surface area contributed by atoms with Gasteiger partial charge in [-0.2, -0.15) is 4.98 Å². The Hall–Kier alpha value is -2.30. The maximum absolute atomic E-state index is 12.4.